The van der Waals surface area contributed by atoms with Gasteiger partial charge in [-0.05, 0) is 30.2 Å². The molecule has 0 aliphatic carbocycles. The second kappa shape index (κ2) is 8.71. The summed E-state index contributed by atoms with van der Waals surface area (Å²) in [6.07, 6.45) is 0.00701. The lowest BCUT2D eigenvalue weighted by Crippen LogP contribution is -2.58. The van der Waals surface area contributed by atoms with Crippen LogP contribution >= 0.6 is 23.2 Å². The number of hydrogen-bond donors (Lipinski definition) is 2. The minimum absolute atomic E-state index is 0.0994. The Bertz CT molecular complexity index is 1010. The lowest BCUT2D eigenvalue weighted by Gasteiger charge is -2.39. The summed E-state index contributed by atoms with van der Waals surface area (Å²) < 4.78 is 26.9. The monoisotopic (exact) mass is 456 g/mol. The number of sulfonamides is 1. The molecule has 29 heavy (non-hydrogen) atoms. The molecule has 1 heterocycles. The van der Waals surface area contributed by atoms with Gasteiger partial charge in [0.1, 0.15) is 6.04 Å². The minimum Gasteiger partial charge on any atom is -0.481 e. The van der Waals surface area contributed by atoms with E-state index in [0.29, 0.717) is 12.0 Å². The van der Waals surface area contributed by atoms with E-state index in [-0.39, 0.29) is 27.9 Å². The van der Waals surface area contributed by atoms with Crippen molar-refractivity contribution in [3.05, 3.63) is 64.1 Å². The van der Waals surface area contributed by atoms with Crippen molar-refractivity contribution in [2.45, 2.75) is 29.8 Å². The molecule has 0 unspecified atom stereocenters. The van der Waals surface area contributed by atoms with Gasteiger partial charge in [-0.15, -0.1) is 0 Å². The van der Waals surface area contributed by atoms with E-state index < -0.39 is 34.0 Å². The number of rotatable bonds is 7. The number of amides is 1. The molecule has 1 aliphatic rings. The first-order chi connectivity index (χ1) is 13.7. The van der Waals surface area contributed by atoms with Crippen LogP contribution in [0.3, 0.4) is 0 Å². The fourth-order valence-corrected chi connectivity index (χ4v) is 5.47. The Balaban J connectivity index is 1.79. The Hall–Kier alpha value is -2.13. The van der Waals surface area contributed by atoms with Crippen LogP contribution in [0.15, 0.2) is 53.4 Å². The van der Waals surface area contributed by atoms with Crippen LogP contribution in [-0.2, 0) is 19.6 Å². The second-order valence-electron chi connectivity index (χ2n) is 6.60. The number of carbonyl (C=O) groups is 2. The summed E-state index contributed by atoms with van der Waals surface area (Å²) in [6.45, 7) is 0.166. The zero-order valence-electron chi connectivity index (χ0n) is 15.1. The van der Waals surface area contributed by atoms with Crippen LogP contribution in [0.1, 0.15) is 24.4 Å². The van der Waals surface area contributed by atoms with Crippen molar-refractivity contribution in [1.29, 1.82) is 0 Å². The Morgan fingerprint density at radius 3 is 2.28 bits per heavy atom. The molecule has 1 saturated heterocycles. The van der Waals surface area contributed by atoms with Gasteiger partial charge in [0, 0.05) is 16.6 Å². The number of hydrogen-bond acceptors (Lipinski definition) is 4. The Morgan fingerprint density at radius 2 is 1.76 bits per heavy atom. The molecule has 1 fully saturated rings. The highest BCUT2D eigenvalue weighted by Crippen LogP contribution is 2.31. The van der Waals surface area contributed by atoms with Gasteiger partial charge in [0.2, 0.25) is 15.9 Å². The van der Waals surface area contributed by atoms with E-state index in [1.807, 2.05) is 0 Å². The largest absolute Gasteiger partial charge is 0.481 e. The number of carboxylic acid groups (broad SMARTS) is 1. The van der Waals surface area contributed by atoms with Gasteiger partial charge in [-0.3, -0.25) is 9.59 Å². The van der Waals surface area contributed by atoms with Crippen molar-refractivity contribution in [3.63, 3.8) is 0 Å². The third-order valence-corrected chi connectivity index (χ3v) is 6.94. The Morgan fingerprint density at radius 1 is 1.14 bits per heavy atom. The molecule has 7 nitrogen and oxygen atoms in total. The maximum Gasteiger partial charge on any atom is 0.305 e. The number of carbonyl (C=O) groups excluding carboxylic acids is 1. The van der Waals surface area contributed by atoms with Gasteiger partial charge in [-0.25, -0.2) is 8.42 Å². The summed E-state index contributed by atoms with van der Waals surface area (Å²) in [7, 11) is -3.98. The van der Waals surface area contributed by atoms with Crippen molar-refractivity contribution in [2.75, 3.05) is 6.54 Å². The molecule has 0 radical (unpaired) electrons. The van der Waals surface area contributed by atoms with Crippen molar-refractivity contribution >= 4 is 45.1 Å². The van der Waals surface area contributed by atoms with Gasteiger partial charge >= 0.3 is 5.97 Å². The summed E-state index contributed by atoms with van der Waals surface area (Å²) in [5, 5.41) is 12.2. The lowest BCUT2D eigenvalue weighted by atomic mass is 10.0. The van der Waals surface area contributed by atoms with Gasteiger partial charge in [-0.1, -0.05) is 53.5 Å². The normalized spacial score (nSPS) is 17.9. The topological polar surface area (TPSA) is 104 Å². The van der Waals surface area contributed by atoms with Crippen LogP contribution in [0.25, 0.3) is 0 Å². The Kier molecular flexibility index (Phi) is 6.48. The fourth-order valence-electron chi connectivity index (χ4n) is 3.11. The van der Waals surface area contributed by atoms with E-state index >= 15 is 0 Å². The molecule has 1 amide bonds. The lowest BCUT2D eigenvalue weighted by molar-refractivity contribution is -0.138. The highest BCUT2D eigenvalue weighted by molar-refractivity contribution is 7.89. The quantitative estimate of drug-likeness (QED) is 0.665. The maximum absolute atomic E-state index is 12.9. The van der Waals surface area contributed by atoms with Gasteiger partial charge < -0.3 is 10.4 Å². The SMILES string of the molecule is O=C(O)C[C@@H](NC(=O)[C@@H]1CCN1S(=O)(=O)c1cc(Cl)cc(Cl)c1)c1ccccc1. The van der Waals surface area contributed by atoms with Gasteiger partial charge in [0.15, 0.2) is 0 Å². The molecule has 0 bridgehead atoms. The van der Waals surface area contributed by atoms with Crippen molar-refractivity contribution in [3.8, 4) is 0 Å². The Labute approximate surface area is 178 Å². The van der Waals surface area contributed by atoms with Crippen LogP contribution < -0.4 is 5.32 Å². The molecule has 0 aromatic heterocycles. The molecule has 2 aromatic carbocycles. The second-order valence-corrected chi connectivity index (χ2v) is 9.36. The fraction of sp³-hybridized carbons (Fsp3) is 0.263. The van der Waals surface area contributed by atoms with E-state index in [1.54, 1.807) is 30.3 Å². The molecule has 3 rings (SSSR count). The van der Waals surface area contributed by atoms with Crippen LogP contribution in [0.5, 0.6) is 0 Å². The summed E-state index contributed by atoms with van der Waals surface area (Å²) in [5.41, 5.74) is 0.624. The molecule has 0 saturated carbocycles. The van der Waals surface area contributed by atoms with Crippen LogP contribution in [-0.4, -0.2) is 42.3 Å². The number of benzene rings is 2. The van der Waals surface area contributed by atoms with E-state index in [0.717, 1.165) is 4.31 Å². The first kappa shape index (κ1) is 21.6. The highest BCUT2D eigenvalue weighted by Gasteiger charge is 2.43. The third kappa shape index (κ3) is 4.90. The van der Waals surface area contributed by atoms with Crippen molar-refractivity contribution in [2.24, 2.45) is 0 Å². The molecule has 154 valence electrons. The summed E-state index contributed by atoms with van der Waals surface area (Å²) in [6, 6.07) is 10.9. The number of aliphatic carboxylic acids is 1. The summed E-state index contributed by atoms with van der Waals surface area (Å²) in [4.78, 5) is 23.9. The minimum atomic E-state index is -3.98. The van der Waals surface area contributed by atoms with Gasteiger partial charge in [0.25, 0.3) is 0 Å². The van der Waals surface area contributed by atoms with Crippen molar-refractivity contribution in [1.82, 2.24) is 9.62 Å². The molecule has 1 aliphatic heterocycles. The molecule has 2 aromatic rings. The molecule has 10 heteroatoms. The van der Waals surface area contributed by atoms with E-state index in [9.17, 15) is 18.0 Å². The molecule has 0 spiro atoms. The summed E-state index contributed by atoms with van der Waals surface area (Å²) in [5.74, 6) is -1.63. The average Bonchev–Trinajstić information content (AvgIpc) is 2.59. The summed E-state index contributed by atoms with van der Waals surface area (Å²) >= 11 is 11.8. The zero-order valence-corrected chi connectivity index (χ0v) is 17.4. The predicted octanol–water partition coefficient (Wildman–Crippen LogP) is 3.09. The highest BCUT2D eigenvalue weighted by atomic mass is 35.5. The maximum atomic E-state index is 12.9. The van der Waals surface area contributed by atoms with E-state index in [1.165, 1.54) is 18.2 Å². The van der Waals surface area contributed by atoms with Gasteiger partial charge in [0.05, 0.1) is 17.4 Å². The molecular formula is C19H18Cl2N2O5S. The van der Waals surface area contributed by atoms with E-state index in [2.05, 4.69) is 5.32 Å². The first-order valence-electron chi connectivity index (χ1n) is 8.73. The van der Waals surface area contributed by atoms with Crippen LogP contribution in [0, 0.1) is 0 Å². The smallest absolute Gasteiger partial charge is 0.305 e. The number of carboxylic acids is 1. The molecular weight excluding hydrogens is 439 g/mol. The van der Waals surface area contributed by atoms with E-state index in [4.69, 9.17) is 28.3 Å². The number of nitrogens with one attached hydrogen (secondary N) is 1. The zero-order chi connectivity index (χ0) is 21.2. The number of halogens is 2. The van der Waals surface area contributed by atoms with Gasteiger partial charge in [-0.2, -0.15) is 4.31 Å². The standard InChI is InChI=1S/C19H18Cl2N2O5S/c20-13-8-14(21)10-15(9-13)29(27,28)23-7-6-17(23)19(26)22-16(11-18(24)25)12-4-2-1-3-5-12/h1-5,8-10,16-17H,6-7,11H2,(H,22,26)(H,24,25)/t16-,17+/m1/s1. The predicted molar refractivity (Wildman–Crippen MR) is 108 cm³/mol. The first-order valence-corrected chi connectivity index (χ1v) is 10.9. The van der Waals surface area contributed by atoms with Crippen LogP contribution in [0.2, 0.25) is 10.0 Å². The molecule has 2 N–H and O–H groups in total. The molecule has 2 atom stereocenters. The average molecular weight is 457 g/mol. The van der Waals surface area contributed by atoms with Crippen LogP contribution in [0.4, 0.5) is 0 Å². The van der Waals surface area contributed by atoms with Crippen molar-refractivity contribution < 1.29 is 23.1 Å². The third-order valence-electron chi connectivity index (χ3n) is 4.61. The number of nitrogens with zero attached hydrogens (tertiary/aromatic N) is 1.